The lowest BCUT2D eigenvalue weighted by Gasteiger charge is -2.07. The topological polar surface area (TPSA) is 55.7 Å². The van der Waals surface area contributed by atoms with Gasteiger partial charge in [0.15, 0.2) is 0 Å². The van der Waals surface area contributed by atoms with E-state index in [-0.39, 0.29) is 16.6 Å². The zero-order chi connectivity index (χ0) is 12.5. The Bertz CT molecular complexity index is 605. The maximum atomic E-state index is 11.7. The van der Waals surface area contributed by atoms with Gasteiger partial charge in [0.05, 0.1) is 0 Å². The monoisotopic (exact) mass is 315 g/mol. The van der Waals surface area contributed by atoms with Crippen LogP contribution >= 0.6 is 15.9 Å². The number of rotatable bonds is 3. The van der Waals surface area contributed by atoms with Crippen LogP contribution in [0.3, 0.4) is 0 Å². The molecule has 90 valence electrons. The van der Waals surface area contributed by atoms with Crippen LogP contribution in [0.25, 0.3) is 0 Å². The highest BCUT2D eigenvalue weighted by molar-refractivity contribution is 9.10. The molecule has 0 N–H and O–H groups in total. The number of sulfone groups is 1. The molecule has 6 heteroatoms. The molecule has 1 aromatic rings. The highest BCUT2D eigenvalue weighted by Crippen LogP contribution is 2.21. The average molecular weight is 316 g/mol. The van der Waals surface area contributed by atoms with Gasteiger partial charge in [-0.25, -0.2) is 13.4 Å². The number of nitrogens with zero attached hydrogens (tertiary/aromatic N) is 1. The lowest BCUT2D eigenvalue weighted by Crippen LogP contribution is -2.14. The van der Waals surface area contributed by atoms with E-state index in [1.165, 1.54) is 13.1 Å². The fraction of sp³-hybridized carbons (Fsp3) is 0.182. The Morgan fingerprint density at radius 3 is 2.76 bits per heavy atom. The van der Waals surface area contributed by atoms with E-state index in [1.807, 2.05) is 12.1 Å². The SMILES string of the molecule is CC1=NC=C(COc2cccc(Br)c2)S1(=O)=O. The fourth-order valence-electron chi connectivity index (χ4n) is 1.32. The number of halogens is 1. The van der Waals surface area contributed by atoms with Crippen LogP contribution in [0.1, 0.15) is 6.92 Å². The Morgan fingerprint density at radius 1 is 1.41 bits per heavy atom. The van der Waals surface area contributed by atoms with Gasteiger partial charge in [-0.15, -0.1) is 0 Å². The molecule has 1 aliphatic rings. The van der Waals surface area contributed by atoms with Crippen LogP contribution in [0.15, 0.2) is 44.8 Å². The molecule has 0 radical (unpaired) electrons. The summed E-state index contributed by atoms with van der Waals surface area (Å²) in [5.41, 5.74) is 0. The second kappa shape index (κ2) is 4.62. The fourth-order valence-corrected chi connectivity index (χ4v) is 2.67. The van der Waals surface area contributed by atoms with E-state index in [0.29, 0.717) is 5.75 Å². The van der Waals surface area contributed by atoms with E-state index in [2.05, 4.69) is 20.9 Å². The van der Waals surface area contributed by atoms with E-state index in [1.54, 1.807) is 12.1 Å². The number of aliphatic imine (C=N–C) groups is 1. The summed E-state index contributed by atoms with van der Waals surface area (Å²) >= 11 is 3.31. The molecule has 1 heterocycles. The summed E-state index contributed by atoms with van der Waals surface area (Å²) in [5.74, 6) is 0.611. The predicted molar refractivity (Wildman–Crippen MR) is 69.7 cm³/mol. The third-order valence-corrected chi connectivity index (χ3v) is 4.59. The van der Waals surface area contributed by atoms with E-state index in [9.17, 15) is 8.42 Å². The standard InChI is InChI=1S/C11H10BrNO3S/c1-8-13-6-11(17(8,14)15)7-16-10-4-2-3-9(12)5-10/h2-6H,7H2,1H3. The van der Waals surface area contributed by atoms with Gasteiger partial charge in [0.1, 0.15) is 22.3 Å². The molecule has 1 aliphatic heterocycles. The molecule has 0 unspecified atom stereocenters. The number of hydrogen-bond acceptors (Lipinski definition) is 4. The number of ether oxygens (including phenoxy) is 1. The minimum absolute atomic E-state index is 0.000370. The Hall–Kier alpha value is -1.14. The molecule has 17 heavy (non-hydrogen) atoms. The second-order valence-electron chi connectivity index (χ2n) is 3.49. The first kappa shape index (κ1) is 12.3. The van der Waals surface area contributed by atoms with E-state index in [0.717, 1.165) is 4.47 Å². The van der Waals surface area contributed by atoms with Crippen LogP contribution in [0, 0.1) is 0 Å². The molecule has 0 aromatic heterocycles. The van der Waals surface area contributed by atoms with Crippen LogP contribution in [0.2, 0.25) is 0 Å². The Kier molecular flexibility index (Phi) is 3.35. The zero-order valence-electron chi connectivity index (χ0n) is 9.05. The van der Waals surface area contributed by atoms with Gasteiger partial charge in [-0.2, -0.15) is 0 Å². The average Bonchev–Trinajstić information content (AvgIpc) is 2.52. The predicted octanol–water partition coefficient (Wildman–Crippen LogP) is 2.52. The van der Waals surface area contributed by atoms with Crippen molar-refractivity contribution in [3.63, 3.8) is 0 Å². The van der Waals surface area contributed by atoms with Crippen LogP contribution in [0.4, 0.5) is 0 Å². The molecule has 0 atom stereocenters. The van der Waals surface area contributed by atoms with Crippen LogP contribution in [-0.4, -0.2) is 20.1 Å². The van der Waals surface area contributed by atoms with Gasteiger partial charge >= 0.3 is 0 Å². The van der Waals surface area contributed by atoms with Crippen LogP contribution in [0.5, 0.6) is 5.75 Å². The molecule has 0 bridgehead atoms. The minimum atomic E-state index is -3.37. The van der Waals surface area contributed by atoms with Crippen molar-refractivity contribution < 1.29 is 13.2 Å². The van der Waals surface area contributed by atoms with Gasteiger partial charge < -0.3 is 4.74 Å². The normalized spacial score (nSPS) is 17.5. The van der Waals surface area contributed by atoms with Gasteiger partial charge in [0, 0.05) is 10.7 Å². The summed E-state index contributed by atoms with van der Waals surface area (Å²) in [4.78, 5) is 3.97. The maximum Gasteiger partial charge on any atom is 0.220 e. The van der Waals surface area contributed by atoms with Gasteiger partial charge in [0.2, 0.25) is 9.84 Å². The lowest BCUT2D eigenvalue weighted by molar-refractivity contribution is 0.358. The quantitative estimate of drug-likeness (QED) is 0.861. The van der Waals surface area contributed by atoms with Crippen molar-refractivity contribution in [1.29, 1.82) is 0 Å². The molecule has 0 fully saturated rings. The molecule has 0 saturated heterocycles. The molecular formula is C11H10BrNO3S. The molecule has 4 nitrogen and oxygen atoms in total. The van der Waals surface area contributed by atoms with Gasteiger partial charge in [-0.3, -0.25) is 0 Å². The summed E-state index contributed by atoms with van der Waals surface area (Å²) < 4.78 is 29.7. The summed E-state index contributed by atoms with van der Waals surface area (Å²) in [6.45, 7) is 1.47. The van der Waals surface area contributed by atoms with Crippen molar-refractivity contribution in [3.05, 3.63) is 39.8 Å². The summed E-state index contributed by atoms with van der Waals surface area (Å²) in [6, 6.07) is 7.22. The molecule has 0 amide bonds. The van der Waals surface area contributed by atoms with E-state index in [4.69, 9.17) is 4.74 Å². The smallest absolute Gasteiger partial charge is 0.220 e. The van der Waals surface area contributed by atoms with Crippen LogP contribution < -0.4 is 4.74 Å². The van der Waals surface area contributed by atoms with Crippen molar-refractivity contribution in [1.82, 2.24) is 0 Å². The Morgan fingerprint density at radius 2 is 2.18 bits per heavy atom. The second-order valence-corrected chi connectivity index (χ2v) is 6.53. The third-order valence-electron chi connectivity index (χ3n) is 2.30. The van der Waals surface area contributed by atoms with Crippen molar-refractivity contribution in [2.45, 2.75) is 6.92 Å². The van der Waals surface area contributed by atoms with E-state index < -0.39 is 9.84 Å². The Labute approximate surface area is 108 Å². The first-order chi connectivity index (χ1) is 8.00. The van der Waals surface area contributed by atoms with Crippen molar-refractivity contribution >= 4 is 30.8 Å². The number of benzene rings is 1. The minimum Gasteiger partial charge on any atom is -0.488 e. The van der Waals surface area contributed by atoms with Crippen molar-refractivity contribution in [3.8, 4) is 5.75 Å². The van der Waals surface area contributed by atoms with Gasteiger partial charge in [-0.05, 0) is 25.1 Å². The van der Waals surface area contributed by atoms with Gasteiger partial charge in [-0.1, -0.05) is 22.0 Å². The van der Waals surface area contributed by atoms with Gasteiger partial charge in [0.25, 0.3) is 0 Å². The third kappa shape index (κ3) is 2.58. The lowest BCUT2D eigenvalue weighted by atomic mass is 10.3. The molecule has 0 saturated carbocycles. The molecule has 0 aliphatic carbocycles. The number of hydrogen-bond donors (Lipinski definition) is 0. The molecule has 0 spiro atoms. The highest BCUT2D eigenvalue weighted by Gasteiger charge is 2.26. The van der Waals surface area contributed by atoms with Crippen LogP contribution in [-0.2, 0) is 9.84 Å². The largest absolute Gasteiger partial charge is 0.488 e. The summed E-state index contributed by atoms with van der Waals surface area (Å²) in [5, 5.41) is 0.116. The first-order valence-corrected chi connectivity index (χ1v) is 7.14. The maximum absolute atomic E-state index is 11.7. The first-order valence-electron chi connectivity index (χ1n) is 4.87. The summed E-state index contributed by atoms with van der Waals surface area (Å²) in [6.07, 6.45) is 1.34. The van der Waals surface area contributed by atoms with Crippen molar-refractivity contribution in [2.24, 2.45) is 4.99 Å². The highest BCUT2D eigenvalue weighted by atomic mass is 79.9. The zero-order valence-corrected chi connectivity index (χ0v) is 11.5. The molecule has 2 rings (SSSR count). The Balaban J connectivity index is 2.07. The molecule has 1 aromatic carbocycles. The van der Waals surface area contributed by atoms with Crippen molar-refractivity contribution in [2.75, 3.05) is 6.61 Å². The summed E-state index contributed by atoms with van der Waals surface area (Å²) in [7, 11) is -3.37. The van der Waals surface area contributed by atoms with E-state index >= 15 is 0 Å². The molecular weight excluding hydrogens is 306 g/mol.